The van der Waals surface area contributed by atoms with Crippen LogP contribution in [-0.4, -0.2) is 18.6 Å². The van der Waals surface area contributed by atoms with Gasteiger partial charge in [0, 0.05) is 12.1 Å². The molecule has 5 heteroatoms. The summed E-state index contributed by atoms with van der Waals surface area (Å²) in [7, 11) is 1.47. The van der Waals surface area contributed by atoms with Crippen molar-refractivity contribution in [3.8, 4) is 0 Å². The van der Waals surface area contributed by atoms with Crippen molar-refractivity contribution in [1.82, 2.24) is 0 Å². The van der Waals surface area contributed by atoms with Crippen molar-refractivity contribution in [2.45, 2.75) is 25.7 Å². The zero-order valence-corrected chi connectivity index (χ0v) is 10.1. The van der Waals surface area contributed by atoms with Gasteiger partial charge in [0.2, 0.25) is 0 Å². The lowest BCUT2D eigenvalue weighted by atomic mass is 9.93. The van der Waals surface area contributed by atoms with Crippen molar-refractivity contribution >= 4 is 5.69 Å². The van der Waals surface area contributed by atoms with Gasteiger partial charge in [0.25, 0.3) is 5.69 Å². The minimum Gasteiger partial charge on any atom is -0.258 e. The molecular weight excluding hydrogens is 222 g/mol. The van der Waals surface area contributed by atoms with Gasteiger partial charge >= 0.3 is 0 Å². The number of non-ortho nitro benzene ring substituents is 1. The number of hydrogen-bond acceptors (Lipinski definition) is 4. The summed E-state index contributed by atoms with van der Waals surface area (Å²) < 4.78 is 0. The molecule has 94 valence electrons. The first-order chi connectivity index (χ1) is 8.19. The Bertz CT molecular complexity index is 367. The molecule has 0 N–H and O–H groups in total. The van der Waals surface area contributed by atoms with E-state index in [0.29, 0.717) is 6.61 Å². The first-order valence-corrected chi connectivity index (χ1v) is 5.59. The normalized spacial score (nSPS) is 12.4. The summed E-state index contributed by atoms with van der Waals surface area (Å²) in [5.41, 5.74) is 1.11. The predicted molar refractivity (Wildman–Crippen MR) is 63.7 cm³/mol. The fraction of sp³-hybridized carbons (Fsp3) is 0.500. The number of nitrogens with zero attached hydrogens (tertiary/aromatic N) is 1. The highest BCUT2D eigenvalue weighted by Crippen LogP contribution is 2.26. The van der Waals surface area contributed by atoms with E-state index in [-0.39, 0.29) is 16.5 Å². The Labute approximate surface area is 100 Å². The molecule has 0 aromatic heterocycles. The van der Waals surface area contributed by atoms with Crippen LogP contribution in [0.15, 0.2) is 24.3 Å². The van der Waals surface area contributed by atoms with Gasteiger partial charge < -0.3 is 0 Å². The summed E-state index contributed by atoms with van der Waals surface area (Å²) >= 11 is 0. The topological polar surface area (TPSA) is 61.6 Å². The van der Waals surface area contributed by atoms with Crippen LogP contribution in [0.5, 0.6) is 0 Å². The Kier molecular flexibility index (Phi) is 5.59. The van der Waals surface area contributed by atoms with E-state index in [4.69, 9.17) is 4.89 Å². The average molecular weight is 239 g/mol. The van der Waals surface area contributed by atoms with E-state index < -0.39 is 0 Å². The highest BCUT2D eigenvalue weighted by Gasteiger charge is 2.13. The van der Waals surface area contributed by atoms with Crippen LogP contribution >= 0.6 is 0 Å². The summed E-state index contributed by atoms with van der Waals surface area (Å²) in [6.45, 7) is 2.54. The van der Waals surface area contributed by atoms with E-state index in [1.54, 1.807) is 12.1 Å². The molecule has 0 heterocycles. The van der Waals surface area contributed by atoms with Gasteiger partial charge in [-0.2, -0.15) is 0 Å². The van der Waals surface area contributed by atoms with Gasteiger partial charge in [-0.15, -0.1) is 0 Å². The Morgan fingerprint density at radius 3 is 2.82 bits per heavy atom. The molecule has 0 bridgehead atoms. The van der Waals surface area contributed by atoms with E-state index in [1.165, 1.54) is 13.2 Å². The molecule has 0 spiro atoms. The summed E-state index contributed by atoms with van der Waals surface area (Å²) in [6, 6.07) is 6.75. The lowest BCUT2D eigenvalue weighted by molar-refractivity contribution is -0.384. The second kappa shape index (κ2) is 6.98. The standard InChI is InChI=1S/C12H17NO4/c1-3-10(7-8-17-16-2)11-5-4-6-12(9-11)13(14)15/h4-6,9-10H,3,7-8H2,1-2H3. The number of benzene rings is 1. The first kappa shape index (κ1) is 13.6. The van der Waals surface area contributed by atoms with Gasteiger partial charge in [-0.05, 0) is 24.3 Å². The molecule has 17 heavy (non-hydrogen) atoms. The van der Waals surface area contributed by atoms with E-state index in [9.17, 15) is 10.1 Å². The third-order valence-corrected chi connectivity index (χ3v) is 2.71. The zero-order chi connectivity index (χ0) is 12.7. The maximum absolute atomic E-state index is 10.7. The van der Waals surface area contributed by atoms with Gasteiger partial charge in [-0.25, -0.2) is 9.78 Å². The van der Waals surface area contributed by atoms with Gasteiger partial charge in [0.15, 0.2) is 0 Å². The highest BCUT2D eigenvalue weighted by molar-refractivity contribution is 5.35. The smallest absolute Gasteiger partial charge is 0.258 e. The third-order valence-electron chi connectivity index (χ3n) is 2.71. The molecule has 0 aliphatic rings. The van der Waals surface area contributed by atoms with Gasteiger partial charge in [0.1, 0.15) is 0 Å². The quantitative estimate of drug-likeness (QED) is 0.317. The Balaban J connectivity index is 2.73. The van der Waals surface area contributed by atoms with Crippen LogP contribution in [0, 0.1) is 10.1 Å². The van der Waals surface area contributed by atoms with Crippen molar-refractivity contribution in [2.24, 2.45) is 0 Å². The fourth-order valence-corrected chi connectivity index (χ4v) is 1.77. The second-order valence-electron chi connectivity index (χ2n) is 3.73. The van der Waals surface area contributed by atoms with E-state index in [1.807, 2.05) is 6.07 Å². The molecule has 0 saturated carbocycles. The minimum absolute atomic E-state index is 0.133. The highest BCUT2D eigenvalue weighted by atomic mass is 17.2. The van der Waals surface area contributed by atoms with Crippen molar-refractivity contribution < 1.29 is 14.7 Å². The van der Waals surface area contributed by atoms with Crippen molar-refractivity contribution in [3.05, 3.63) is 39.9 Å². The molecule has 1 aromatic carbocycles. The number of nitro groups is 1. The van der Waals surface area contributed by atoms with Crippen LogP contribution in [0.25, 0.3) is 0 Å². The van der Waals surface area contributed by atoms with Crippen LogP contribution in [0.4, 0.5) is 5.69 Å². The van der Waals surface area contributed by atoms with E-state index >= 15 is 0 Å². The molecule has 1 aromatic rings. The molecule has 1 atom stereocenters. The van der Waals surface area contributed by atoms with Crippen LogP contribution in [0.3, 0.4) is 0 Å². The summed E-state index contributed by atoms with van der Waals surface area (Å²) in [6.07, 6.45) is 1.69. The number of rotatable bonds is 7. The number of nitro benzene ring substituents is 1. The van der Waals surface area contributed by atoms with Crippen LogP contribution in [0.2, 0.25) is 0 Å². The Morgan fingerprint density at radius 2 is 2.24 bits per heavy atom. The van der Waals surface area contributed by atoms with Gasteiger partial charge in [0.05, 0.1) is 18.6 Å². The van der Waals surface area contributed by atoms with Crippen molar-refractivity contribution in [3.63, 3.8) is 0 Å². The third kappa shape index (κ3) is 4.13. The second-order valence-corrected chi connectivity index (χ2v) is 3.73. The molecule has 1 rings (SSSR count). The number of hydrogen-bond donors (Lipinski definition) is 0. The van der Waals surface area contributed by atoms with Gasteiger partial charge in [-0.3, -0.25) is 10.1 Å². The predicted octanol–water partition coefficient (Wildman–Crippen LogP) is 3.06. The van der Waals surface area contributed by atoms with Crippen molar-refractivity contribution in [2.75, 3.05) is 13.7 Å². The summed E-state index contributed by atoms with van der Waals surface area (Å²) in [4.78, 5) is 19.7. The van der Waals surface area contributed by atoms with Crippen molar-refractivity contribution in [1.29, 1.82) is 0 Å². The lowest BCUT2D eigenvalue weighted by Crippen LogP contribution is -2.03. The average Bonchev–Trinajstić information content (AvgIpc) is 2.35. The van der Waals surface area contributed by atoms with E-state index in [0.717, 1.165) is 18.4 Å². The maximum atomic E-state index is 10.7. The molecule has 0 radical (unpaired) electrons. The Morgan fingerprint density at radius 1 is 1.47 bits per heavy atom. The van der Waals surface area contributed by atoms with Crippen LogP contribution in [0.1, 0.15) is 31.2 Å². The van der Waals surface area contributed by atoms with Crippen LogP contribution < -0.4 is 0 Å². The molecule has 0 aliphatic heterocycles. The molecule has 1 unspecified atom stereocenters. The molecular formula is C12H17NO4. The molecule has 0 saturated heterocycles. The van der Waals surface area contributed by atoms with Gasteiger partial charge in [-0.1, -0.05) is 19.1 Å². The lowest BCUT2D eigenvalue weighted by Gasteiger charge is -2.14. The minimum atomic E-state index is -0.373. The largest absolute Gasteiger partial charge is 0.269 e. The SMILES string of the molecule is CCC(CCOOC)c1cccc([N+](=O)[O-])c1. The van der Waals surface area contributed by atoms with Crippen LogP contribution in [-0.2, 0) is 9.78 Å². The first-order valence-electron chi connectivity index (χ1n) is 5.59. The molecule has 5 nitrogen and oxygen atoms in total. The molecule has 0 fully saturated rings. The fourth-order valence-electron chi connectivity index (χ4n) is 1.77. The molecule has 0 aliphatic carbocycles. The molecule has 0 amide bonds. The Hall–Kier alpha value is -1.46. The monoisotopic (exact) mass is 239 g/mol. The zero-order valence-electron chi connectivity index (χ0n) is 10.1. The maximum Gasteiger partial charge on any atom is 0.269 e. The van der Waals surface area contributed by atoms with E-state index in [2.05, 4.69) is 11.8 Å². The summed E-state index contributed by atoms with van der Waals surface area (Å²) in [5.74, 6) is 0.255. The summed E-state index contributed by atoms with van der Waals surface area (Å²) in [5, 5.41) is 10.7.